The Kier molecular flexibility index (Phi) is 6.45. The smallest absolute Gasteiger partial charge is 0.416 e. The predicted octanol–water partition coefficient (Wildman–Crippen LogP) is 5.74. The molecule has 0 aromatic heterocycles. The minimum atomic E-state index is -4.56. The zero-order chi connectivity index (χ0) is 24.3. The van der Waals surface area contributed by atoms with Gasteiger partial charge in [-0.05, 0) is 47.0 Å². The number of carbonyl (C=O) groups excluding carboxylic acids is 1. The minimum absolute atomic E-state index is 0.123. The lowest BCUT2D eigenvalue weighted by atomic mass is 9.97. The standard InChI is InChI=1S/C25H20F3NO5/c26-25(27,28)19-6-9-22(18(12-19)15-29-10-11-33-24(29)32)34-20-7-8-21(16-4-2-1-3-5-16)17(13-20)14-23(30)31/h1-9,12-13H,10-11,14-15H2,(H,30,31). The number of rotatable bonds is 7. The van der Waals surface area contributed by atoms with Gasteiger partial charge in [-0.3, -0.25) is 4.79 Å². The Labute approximate surface area is 193 Å². The number of benzene rings is 3. The molecule has 176 valence electrons. The van der Waals surface area contributed by atoms with E-state index >= 15 is 0 Å². The summed E-state index contributed by atoms with van der Waals surface area (Å²) in [7, 11) is 0. The Morgan fingerprint density at radius 2 is 1.79 bits per heavy atom. The normalized spacial score (nSPS) is 13.6. The molecule has 3 aromatic carbocycles. The number of halogens is 3. The number of hydrogen-bond acceptors (Lipinski definition) is 4. The van der Waals surface area contributed by atoms with E-state index in [1.807, 2.05) is 30.3 Å². The number of carbonyl (C=O) groups is 2. The number of amides is 1. The molecule has 0 spiro atoms. The number of hydrogen-bond donors (Lipinski definition) is 1. The third-order valence-corrected chi connectivity index (χ3v) is 5.32. The number of carboxylic acid groups (broad SMARTS) is 1. The summed E-state index contributed by atoms with van der Waals surface area (Å²) in [5, 5.41) is 9.36. The fraction of sp³-hybridized carbons (Fsp3) is 0.200. The first-order chi connectivity index (χ1) is 16.2. The molecule has 0 unspecified atom stereocenters. The van der Waals surface area contributed by atoms with Gasteiger partial charge in [0, 0.05) is 5.56 Å². The van der Waals surface area contributed by atoms with Crippen molar-refractivity contribution in [3.63, 3.8) is 0 Å². The quantitative estimate of drug-likeness (QED) is 0.475. The van der Waals surface area contributed by atoms with Crippen molar-refractivity contribution in [2.24, 2.45) is 0 Å². The topological polar surface area (TPSA) is 76.1 Å². The molecule has 0 aliphatic carbocycles. The van der Waals surface area contributed by atoms with E-state index in [9.17, 15) is 27.9 Å². The first-order valence-electron chi connectivity index (χ1n) is 10.4. The first-order valence-corrected chi connectivity index (χ1v) is 10.4. The second kappa shape index (κ2) is 9.46. The van der Waals surface area contributed by atoms with Crippen LogP contribution in [0.4, 0.5) is 18.0 Å². The molecular formula is C25H20F3NO5. The van der Waals surface area contributed by atoms with Gasteiger partial charge in [0.25, 0.3) is 0 Å². The highest BCUT2D eigenvalue weighted by atomic mass is 19.4. The van der Waals surface area contributed by atoms with Gasteiger partial charge in [0.15, 0.2) is 0 Å². The van der Waals surface area contributed by atoms with Crippen molar-refractivity contribution in [1.82, 2.24) is 4.90 Å². The summed E-state index contributed by atoms with van der Waals surface area (Å²) >= 11 is 0. The summed E-state index contributed by atoms with van der Waals surface area (Å²) in [5.41, 5.74) is 1.32. The van der Waals surface area contributed by atoms with E-state index < -0.39 is 23.8 Å². The summed E-state index contributed by atoms with van der Waals surface area (Å²) in [4.78, 5) is 24.6. The number of ether oxygens (including phenoxy) is 2. The summed E-state index contributed by atoms with van der Waals surface area (Å²) in [6.45, 7) is 0.290. The molecule has 1 aliphatic rings. The maximum absolute atomic E-state index is 13.3. The summed E-state index contributed by atoms with van der Waals surface area (Å²) in [6.07, 6.45) is -5.44. The van der Waals surface area contributed by atoms with Gasteiger partial charge in [-0.15, -0.1) is 0 Å². The molecule has 1 saturated heterocycles. The zero-order valence-corrected chi connectivity index (χ0v) is 17.8. The Hall–Kier alpha value is -4.01. The van der Waals surface area contributed by atoms with Crippen molar-refractivity contribution in [2.45, 2.75) is 19.1 Å². The SMILES string of the molecule is O=C(O)Cc1cc(Oc2ccc(C(F)(F)F)cc2CN2CCOC2=O)ccc1-c1ccccc1. The molecule has 1 fully saturated rings. The summed E-state index contributed by atoms with van der Waals surface area (Å²) in [5.74, 6) is -0.639. The Bertz CT molecular complexity index is 1210. The third kappa shape index (κ3) is 5.31. The van der Waals surface area contributed by atoms with E-state index in [2.05, 4.69) is 0 Å². The van der Waals surface area contributed by atoms with Crippen molar-refractivity contribution < 1.29 is 37.3 Å². The maximum Gasteiger partial charge on any atom is 0.416 e. The van der Waals surface area contributed by atoms with Crippen molar-refractivity contribution in [2.75, 3.05) is 13.2 Å². The van der Waals surface area contributed by atoms with Crippen LogP contribution in [0.1, 0.15) is 16.7 Å². The first kappa shape index (κ1) is 23.2. The average Bonchev–Trinajstić information content (AvgIpc) is 3.19. The molecule has 9 heteroatoms. The number of cyclic esters (lactones) is 1. The van der Waals surface area contributed by atoms with Crippen molar-refractivity contribution >= 4 is 12.1 Å². The Morgan fingerprint density at radius 1 is 1.03 bits per heavy atom. The number of carboxylic acids is 1. The van der Waals surface area contributed by atoms with Crippen LogP contribution in [0.15, 0.2) is 66.7 Å². The summed E-state index contributed by atoms with van der Waals surface area (Å²) < 4.78 is 50.7. The molecule has 3 aromatic rings. The van der Waals surface area contributed by atoms with Crippen LogP contribution in [-0.2, 0) is 28.7 Å². The fourth-order valence-electron chi connectivity index (χ4n) is 3.72. The van der Waals surface area contributed by atoms with E-state index in [0.717, 1.165) is 17.7 Å². The third-order valence-electron chi connectivity index (χ3n) is 5.32. The van der Waals surface area contributed by atoms with Gasteiger partial charge >= 0.3 is 18.2 Å². The van der Waals surface area contributed by atoms with E-state index in [1.165, 1.54) is 11.0 Å². The summed E-state index contributed by atoms with van der Waals surface area (Å²) in [6, 6.07) is 17.2. The molecule has 6 nitrogen and oxygen atoms in total. The van der Waals surface area contributed by atoms with Crippen LogP contribution in [0.2, 0.25) is 0 Å². The van der Waals surface area contributed by atoms with Gasteiger partial charge in [0.05, 0.1) is 25.1 Å². The van der Waals surface area contributed by atoms with E-state index in [-0.39, 0.29) is 43.2 Å². The van der Waals surface area contributed by atoms with Crippen molar-refractivity contribution in [3.8, 4) is 22.6 Å². The Balaban J connectivity index is 1.69. The van der Waals surface area contributed by atoms with E-state index in [0.29, 0.717) is 11.1 Å². The Morgan fingerprint density at radius 3 is 2.44 bits per heavy atom. The predicted molar refractivity (Wildman–Crippen MR) is 116 cm³/mol. The molecule has 1 aliphatic heterocycles. The monoisotopic (exact) mass is 471 g/mol. The lowest BCUT2D eigenvalue weighted by molar-refractivity contribution is -0.138. The van der Waals surface area contributed by atoms with Crippen LogP contribution < -0.4 is 4.74 Å². The van der Waals surface area contributed by atoms with Crippen molar-refractivity contribution in [1.29, 1.82) is 0 Å². The molecule has 0 saturated carbocycles. The molecule has 1 N–H and O–H groups in total. The number of nitrogens with zero attached hydrogens (tertiary/aromatic N) is 1. The number of alkyl halides is 3. The van der Waals surface area contributed by atoms with Crippen LogP contribution in [0.25, 0.3) is 11.1 Å². The minimum Gasteiger partial charge on any atom is -0.481 e. The lowest BCUT2D eigenvalue weighted by Crippen LogP contribution is -2.24. The van der Waals surface area contributed by atoms with E-state index in [1.54, 1.807) is 18.2 Å². The highest BCUT2D eigenvalue weighted by molar-refractivity contribution is 5.77. The van der Waals surface area contributed by atoms with Crippen LogP contribution in [0.5, 0.6) is 11.5 Å². The molecule has 0 bridgehead atoms. The van der Waals surface area contributed by atoms with Gasteiger partial charge in [0.2, 0.25) is 0 Å². The zero-order valence-electron chi connectivity index (χ0n) is 17.8. The van der Waals surface area contributed by atoms with Gasteiger partial charge < -0.3 is 19.5 Å². The maximum atomic E-state index is 13.3. The van der Waals surface area contributed by atoms with Gasteiger partial charge in [-0.25, -0.2) is 4.79 Å². The highest BCUT2D eigenvalue weighted by Crippen LogP contribution is 2.36. The molecule has 1 amide bonds. The van der Waals surface area contributed by atoms with Gasteiger partial charge in [0.1, 0.15) is 18.1 Å². The average molecular weight is 471 g/mol. The van der Waals surface area contributed by atoms with Crippen LogP contribution in [0, 0.1) is 0 Å². The second-order valence-electron chi connectivity index (χ2n) is 7.71. The molecular weight excluding hydrogens is 451 g/mol. The molecule has 0 radical (unpaired) electrons. The largest absolute Gasteiger partial charge is 0.481 e. The van der Waals surface area contributed by atoms with Crippen molar-refractivity contribution in [3.05, 3.63) is 83.4 Å². The second-order valence-corrected chi connectivity index (χ2v) is 7.71. The van der Waals surface area contributed by atoms with Gasteiger partial charge in [-0.2, -0.15) is 13.2 Å². The molecule has 0 atom stereocenters. The van der Waals surface area contributed by atoms with Crippen LogP contribution in [-0.4, -0.2) is 35.2 Å². The van der Waals surface area contributed by atoms with E-state index in [4.69, 9.17) is 9.47 Å². The molecule has 34 heavy (non-hydrogen) atoms. The van der Waals surface area contributed by atoms with Crippen LogP contribution in [0.3, 0.4) is 0 Å². The van der Waals surface area contributed by atoms with Gasteiger partial charge in [-0.1, -0.05) is 36.4 Å². The fourth-order valence-corrected chi connectivity index (χ4v) is 3.72. The number of aliphatic carboxylic acids is 1. The molecule has 1 heterocycles. The highest BCUT2D eigenvalue weighted by Gasteiger charge is 2.32. The van der Waals surface area contributed by atoms with Crippen LogP contribution >= 0.6 is 0 Å². The lowest BCUT2D eigenvalue weighted by Gasteiger charge is -2.19. The molecule has 4 rings (SSSR count).